The van der Waals surface area contributed by atoms with E-state index in [1.807, 2.05) is 5.38 Å². The van der Waals surface area contributed by atoms with E-state index >= 15 is 0 Å². The van der Waals surface area contributed by atoms with Crippen molar-refractivity contribution >= 4 is 22.9 Å². The van der Waals surface area contributed by atoms with Gasteiger partial charge in [0.15, 0.2) is 11.3 Å². The summed E-state index contributed by atoms with van der Waals surface area (Å²) in [5, 5.41) is 9.64. The number of carbonyl (C=O) groups is 1. The molecule has 0 saturated heterocycles. The van der Waals surface area contributed by atoms with Gasteiger partial charge in [-0.2, -0.15) is 5.10 Å². The summed E-state index contributed by atoms with van der Waals surface area (Å²) in [7, 11) is 0. The highest BCUT2D eigenvalue weighted by Crippen LogP contribution is 2.20. The maximum atomic E-state index is 12.2. The van der Waals surface area contributed by atoms with Crippen LogP contribution in [0.1, 0.15) is 16.2 Å². The van der Waals surface area contributed by atoms with Crippen molar-refractivity contribution in [3.63, 3.8) is 0 Å². The SMILES string of the molecule is O=C(NCc1csc(-c2cnccn2)n1)c1cc2ncccn2n1. The van der Waals surface area contributed by atoms with E-state index < -0.39 is 0 Å². The van der Waals surface area contributed by atoms with Gasteiger partial charge in [-0.15, -0.1) is 11.3 Å². The summed E-state index contributed by atoms with van der Waals surface area (Å²) in [4.78, 5) is 29.0. The van der Waals surface area contributed by atoms with Gasteiger partial charge in [0.25, 0.3) is 5.91 Å². The fourth-order valence-corrected chi connectivity index (χ4v) is 2.90. The van der Waals surface area contributed by atoms with Gasteiger partial charge in [0, 0.05) is 36.2 Å². The van der Waals surface area contributed by atoms with Crippen LogP contribution in [0.4, 0.5) is 0 Å². The van der Waals surface area contributed by atoms with Crippen molar-refractivity contribution in [3.8, 4) is 10.7 Å². The number of rotatable bonds is 4. The van der Waals surface area contributed by atoms with Crippen LogP contribution in [-0.2, 0) is 6.54 Å². The molecule has 0 saturated carbocycles. The zero-order valence-corrected chi connectivity index (χ0v) is 13.1. The molecule has 1 amide bonds. The zero-order chi connectivity index (χ0) is 16.4. The van der Waals surface area contributed by atoms with Gasteiger partial charge in [0.1, 0.15) is 10.7 Å². The van der Waals surface area contributed by atoms with E-state index in [2.05, 4.69) is 30.4 Å². The number of nitrogens with one attached hydrogen (secondary N) is 1. The van der Waals surface area contributed by atoms with Gasteiger partial charge >= 0.3 is 0 Å². The van der Waals surface area contributed by atoms with E-state index in [0.717, 1.165) is 10.7 Å². The molecule has 0 aliphatic heterocycles. The molecule has 4 aromatic heterocycles. The molecule has 0 radical (unpaired) electrons. The van der Waals surface area contributed by atoms with Crippen molar-refractivity contribution in [2.75, 3.05) is 0 Å². The third kappa shape index (κ3) is 2.84. The highest BCUT2D eigenvalue weighted by molar-refractivity contribution is 7.13. The van der Waals surface area contributed by atoms with Crippen molar-refractivity contribution in [1.82, 2.24) is 34.9 Å². The summed E-state index contributed by atoms with van der Waals surface area (Å²) in [6.45, 7) is 0.316. The summed E-state index contributed by atoms with van der Waals surface area (Å²) in [6, 6.07) is 3.40. The molecule has 1 N–H and O–H groups in total. The van der Waals surface area contributed by atoms with Gasteiger partial charge < -0.3 is 5.32 Å². The second-order valence-corrected chi connectivity index (χ2v) is 5.73. The summed E-state index contributed by atoms with van der Waals surface area (Å²) in [5.74, 6) is -0.269. The predicted octanol–water partition coefficient (Wildman–Crippen LogP) is 1.57. The first-order chi connectivity index (χ1) is 11.8. The van der Waals surface area contributed by atoms with Crippen molar-refractivity contribution in [2.45, 2.75) is 6.54 Å². The number of thiazole rings is 1. The summed E-state index contributed by atoms with van der Waals surface area (Å²) < 4.78 is 1.56. The van der Waals surface area contributed by atoms with Crippen molar-refractivity contribution in [3.05, 3.63) is 59.9 Å². The fourth-order valence-electron chi connectivity index (χ4n) is 2.12. The highest BCUT2D eigenvalue weighted by Gasteiger charge is 2.12. The fraction of sp³-hybridized carbons (Fsp3) is 0.0667. The third-order valence-corrected chi connectivity index (χ3v) is 4.15. The van der Waals surface area contributed by atoms with E-state index in [4.69, 9.17) is 0 Å². The molecule has 24 heavy (non-hydrogen) atoms. The van der Waals surface area contributed by atoms with Crippen LogP contribution in [0.2, 0.25) is 0 Å². The molecule has 0 spiro atoms. The molecular weight excluding hydrogens is 326 g/mol. The molecular formula is C15H11N7OS. The van der Waals surface area contributed by atoms with Crippen molar-refractivity contribution in [1.29, 1.82) is 0 Å². The Labute approximate surface area is 140 Å². The van der Waals surface area contributed by atoms with E-state index in [-0.39, 0.29) is 5.91 Å². The molecule has 118 valence electrons. The van der Waals surface area contributed by atoms with E-state index in [9.17, 15) is 4.79 Å². The van der Waals surface area contributed by atoms with Gasteiger partial charge in [-0.1, -0.05) is 0 Å². The number of hydrogen-bond donors (Lipinski definition) is 1. The lowest BCUT2D eigenvalue weighted by Gasteiger charge is -1.99. The van der Waals surface area contributed by atoms with Crippen LogP contribution < -0.4 is 5.32 Å². The van der Waals surface area contributed by atoms with E-state index in [1.54, 1.807) is 47.6 Å². The standard InChI is InChI=1S/C15H11N7OS/c23-14(11-6-13-18-2-1-5-22(13)21-11)19-7-10-9-24-15(20-10)12-8-16-3-4-17-12/h1-6,8-9H,7H2,(H,19,23). The van der Waals surface area contributed by atoms with E-state index in [1.165, 1.54) is 11.3 Å². The Morgan fingerprint density at radius 1 is 1.25 bits per heavy atom. The van der Waals surface area contributed by atoms with Crippen LogP contribution in [0.3, 0.4) is 0 Å². The van der Waals surface area contributed by atoms with E-state index in [0.29, 0.717) is 23.6 Å². The Kier molecular flexibility index (Phi) is 3.67. The number of aromatic nitrogens is 6. The Hall–Kier alpha value is -3.20. The monoisotopic (exact) mass is 337 g/mol. The topological polar surface area (TPSA) is 98.0 Å². The number of carbonyl (C=O) groups excluding carboxylic acids is 1. The molecule has 0 unspecified atom stereocenters. The smallest absolute Gasteiger partial charge is 0.272 e. The lowest BCUT2D eigenvalue weighted by Crippen LogP contribution is -2.23. The first kappa shape index (κ1) is 14.4. The molecule has 4 heterocycles. The molecule has 4 aromatic rings. The number of hydrogen-bond acceptors (Lipinski definition) is 7. The van der Waals surface area contributed by atoms with Gasteiger partial charge in [-0.3, -0.25) is 14.8 Å². The first-order valence-corrected chi connectivity index (χ1v) is 7.97. The number of fused-ring (bicyclic) bond motifs is 1. The molecule has 0 aliphatic rings. The first-order valence-electron chi connectivity index (χ1n) is 7.09. The maximum Gasteiger partial charge on any atom is 0.272 e. The summed E-state index contributed by atoms with van der Waals surface area (Å²) in [5.41, 5.74) is 2.42. The van der Waals surface area contributed by atoms with Gasteiger partial charge in [-0.25, -0.2) is 14.5 Å². The van der Waals surface area contributed by atoms with Crippen LogP contribution in [0.5, 0.6) is 0 Å². The molecule has 8 nitrogen and oxygen atoms in total. The third-order valence-electron chi connectivity index (χ3n) is 3.23. The van der Waals surface area contributed by atoms with Crippen LogP contribution in [-0.4, -0.2) is 35.5 Å². The second-order valence-electron chi connectivity index (χ2n) is 4.87. The quantitative estimate of drug-likeness (QED) is 0.607. The summed E-state index contributed by atoms with van der Waals surface area (Å²) >= 11 is 1.46. The van der Waals surface area contributed by atoms with Gasteiger partial charge in [0.05, 0.1) is 18.4 Å². The Morgan fingerprint density at radius 3 is 3.04 bits per heavy atom. The lowest BCUT2D eigenvalue weighted by atomic mass is 10.4. The Morgan fingerprint density at radius 2 is 2.21 bits per heavy atom. The van der Waals surface area contributed by atoms with Crippen LogP contribution in [0.25, 0.3) is 16.3 Å². The maximum absolute atomic E-state index is 12.2. The number of nitrogens with zero attached hydrogens (tertiary/aromatic N) is 6. The van der Waals surface area contributed by atoms with Gasteiger partial charge in [-0.05, 0) is 6.07 Å². The van der Waals surface area contributed by atoms with Gasteiger partial charge in [0.2, 0.25) is 0 Å². The molecule has 0 atom stereocenters. The van der Waals surface area contributed by atoms with Crippen LogP contribution in [0, 0.1) is 0 Å². The highest BCUT2D eigenvalue weighted by atomic mass is 32.1. The molecule has 0 fully saturated rings. The normalized spacial score (nSPS) is 10.8. The van der Waals surface area contributed by atoms with Crippen molar-refractivity contribution in [2.24, 2.45) is 0 Å². The second kappa shape index (κ2) is 6.13. The molecule has 0 aliphatic carbocycles. The Balaban J connectivity index is 1.45. The van der Waals surface area contributed by atoms with Crippen LogP contribution >= 0.6 is 11.3 Å². The summed E-state index contributed by atoms with van der Waals surface area (Å²) in [6.07, 6.45) is 8.29. The molecule has 9 heteroatoms. The largest absolute Gasteiger partial charge is 0.345 e. The zero-order valence-electron chi connectivity index (χ0n) is 12.3. The minimum atomic E-state index is -0.269. The van der Waals surface area contributed by atoms with Crippen molar-refractivity contribution < 1.29 is 4.79 Å². The minimum absolute atomic E-state index is 0.269. The average Bonchev–Trinajstić information content (AvgIpc) is 3.27. The lowest BCUT2D eigenvalue weighted by molar-refractivity contribution is 0.0945. The Bertz CT molecular complexity index is 962. The molecule has 0 bridgehead atoms. The van der Waals surface area contributed by atoms with Crippen LogP contribution in [0.15, 0.2) is 48.5 Å². The molecule has 4 rings (SSSR count). The molecule has 0 aromatic carbocycles. The average molecular weight is 337 g/mol. The number of amides is 1. The predicted molar refractivity (Wildman–Crippen MR) is 87.3 cm³/mol. The minimum Gasteiger partial charge on any atom is -0.345 e.